The molecule has 3 nitrogen and oxygen atoms in total. The normalized spacial score (nSPS) is 10.0. The molecule has 4 heteroatoms. The lowest BCUT2D eigenvalue weighted by Crippen LogP contribution is -2.03. The molecular weight excluding hydrogens is 212 g/mol. The lowest BCUT2D eigenvalue weighted by Gasteiger charge is -2.11. The molecule has 84 valence electrons. The van der Waals surface area contributed by atoms with Crippen LogP contribution in [0.15, 0.2) is 24.3 Å². The number of thiol groups is 1. The summed E-state index contributed by atoms with van der Waals surface area (Å²) in [4.78, 5) is 0. The monoisotopic (exact) mass is 228 g/mol. The molecule has 0 saturated carbocycles. The van der Waals surface area contributed by atoms with Crippen LogP contribution in [0.3, 0.4) is 0 Å². The highest BCUT2D eigenvalue weighted by Crippen LogP contribution is 2.26. The van der Waals surface area contributed by atoms with Crippen LogP contribution in [0.4, 0.5) is 0 Å². The van der Waals surface area contributed by atoms with E-state index in [0.717, 1.165) is 5.75 Å². The molecule has 0 unspecified atom stereocenters. The summed E-state index contributed by atoms with van der Waals surface area (Å²) in [6.45, 7) is 1.20. The van der Waals surface area contributed by atoms with Gasteiger partial charge in [-0.25, -0.2) is 0 Å². The zero-order valence-electron chi connectivity index (χ0n) is 8.56. The summed E-state index contributed by atoms with van der Waals surface area (Å²) >= 11 is 4.07. The van der Waals surface area contributed by atoms with Crippen LogP contribution in [0.2, 0.25) is 0 Å². The molecule has 0 aliphatic heterocycles. The van der Waals surface area contributed by atoms with E-state index in [9.17, 15) is 0 Å². The van der Waals surface area contributed by atoms with Gasteiger partial charge in [-0.15, -0.1) is 0 Å². The number of aliphatic hydroxyl groups is 1. The first-order valence-corrected chi connectivity index (χ1v) is 5.58. The number of benzene rings is 1. The van der Waals surface area contributed by atoms with Crippen molar-refractivity contribution < 1.29 is 14.6 Å². The predicted molar refractivity (Wildman–Crippen MR) is 63.0 cm³/mol. The van der Waals surface area contributed by atoms with Gasteiger partial charge in [0.2, 0.25) is 0 Å². The van der Waals surface area contributed by atoms with E-state index in [1.807, 2.05) is 24.3 Å². The fourth-order valence-electron chi connectivity index (χ4n) is 1.09. The Morgan fingerprint density at radius 3 is 2.20 bits per heavy atom. The van der Waals surface area contributed by atoms with Crippen molar-refractivity contribution in [1.29, 1.82) is 0 Å². The molecule has 0 fully saturated rings. The van der Waals surface area contributed by atoms with E-state index in [4.69, 9.17) is 14.6 Å². The van der Waals surface area contributed by atoms with Gasteiger partial charge >= 0.3 is 0 Å². The lowest BCUT2D eigenvalue weighted by atomic mass is 10.3. The van der Waals surface area contributed by atoms with Crippen molar-refractivity contribution in [2.75, 3.05) is 25.6 Å². The second-order valence-electron chi connectivity index (χ2n) is 2.94. The van der Waals surface area contributed by atoms with Crippen molar-refractivity contribution in [3.63, 3.8) is 0 Å². The number of aliphatic hydroxyl groups excluding tert-OH is 1. The molecule has 1 aromatic carbocycles. The number of ether oxygens (including phenoxy) is 2. The largest absolute Gasteiger partial charge is 0.490 e. The predicted octanol–water partition coefficient (Wildman–Crippen LogP) is 1.76. The Labute approximate surface area is 95.4 Å². The van der Waals surface area contributed by atoms with E-state index >= 15 is 0 Å². The van der Waals surface area contributed by atoms with Crippen LogP contribution in [-0.4, -0.2) is 30.7 Å². The summed E-state index contributed by atoms with van der Waals surface area (Å²) < 4.78 is 10.9. The standard InChI is InChI=1S/C11H16O3S/c12-6-3-7-13-10-4-1-2-5-11(10)14-8-9-15/h1-2,4-5,12,15H,3,6-9H2. The summed E-state index contributed by atoms with van der Waals surface area (Å²) in [7, 11) is 0. The van der Waals surface area contributed by atoms with Gasteiger partial charge in [0.1, 0.15) is 0 Å². The van der Waals surface area contributed by atoms with Crippen molar-refractivity contribution in [3.8, 4) is 11.5 Å². The van der Waals surface area contributed by atoms with Gasteiger partial charge in [-0.2, -0.15) is 12.6 Å². The SMILES string of the molecule is OCCCOc1ccccc1OCCS. The van der Waals surface area contributed by atoms with Crippen LogP contribution in [0, 0.1) is 0 Å². The van der Waals surface area contributed by atoms with Crippen molar-refractivity contribution in [1.82, 2.24) is 0 Å². The van der Waals surface area contributed by atoms with Gasteiger partial charge < -0.3 is 14.6 Å². The Hall–Kier alpha value is -0.870. The smallest absolute Gasteiger partial charge is 0.161 e. The molecule has 0 aliphatic carbocycles. The number of para-hydroxylation sites is 2. The number of hydrogen-bond acceptors (Lipinski definition) is 4. The zero-order chi connectivity index (χ0) is 10.9. The first-order valence-electron chi connectivity index (χ1n) is 4.95. The van der Waals surface area contributed by atoms with Crippen LogP contribution >= 0.6 is 12.6 Å². The molecule has 0 spiro atoms. The fraction of sp³-hybridized carbons (Fsp3) is 0.455. The minimum Gasteiger partial charge on any atom is -0.490 e. The number of rotatable bonds is 7. The lowest BCUT2D eigenvalue weighted by molar-refractivity contribution is 0.225. The molecule has 1 N–H and O–H groups in total. The molecule has 0 aliphatic rings. The second-order valence-corrected chi connectivity index (χ2v) is 3.39. The van der Waals surface area contributed by atoms with E-state index in [2.05, 4.69) is 12.6 Å². The minimum atomic E-state index is 0.139. The van der Waals surface area contributed by atoms with Gasteiger partial charge in [0.15, 0.2) is 11.5 Å². The molecule has 0 atom stereocenters. The fourth-order valence-corrected chi connectivity index (χ4v) is 1.18. The summed E-state index contributed by atoms with van der Waals surface area (Å²) in [5.74, 6) is 2.11. The van der Waals surface area contributed by atoms with Crippen molar-refractivity contribution >= 4 is 12.6 Å². The maximum atomic E-state index is 8.63. The van der Waals surface area contributed by atoms with E-state index in [1.165, 1.54) is 0 Å². The van der Waals surface area contributed by atoms with Gasteiger partial charge in [0.25, 0.3) is 0 Å². The molecule has 0 radical (unpaired) electrons. The van der Waals surface area contributed by atoms with E-state index < -0.39 is 0 Å². The van der Waals surface area contributed by atoms with Gasteiger partial charge in [0.05, 0.1) is 13.2 Å². The van der Waals surface area contributed by atoms with Crippen LogP contribution in [0.5, 0.6) is 11.5 Å². The maximum absolute atomic E-state index is 8.63. The van der Waals surface area contributed by atoms with E-state index in [1.54, 1.807) is 0 Å². The zero-order valence-corrected chi connectivity index (χ0v) is 9.45. The average Bonchev–Trinajstić information content (AvgIpc) is 2.28. The van der Waals surface area contributed by atoms with Gasteiger partial charge in [-0.05, 0) is 12.1 Å². The van der Waals surface area contributed by atoms with Crippen LogP contribution < -0.4 is 9.47 Å². The first kappa shape index (κ1) is 12.2. The van der Waals surface area contributed by atoms with Crippen LogP contribution in [0.25, 0.3) is 0 Å². The van der Waals surface area contributed by atoms with Crippen molar-refractivity contribution in [3.05, 3.63) is 24.3 Å². The molecule has 0 heterocycles. The summed E-state index contributed by atoms with van der Waals surface area (Å²) in [5, 5.41) is 8.63. The highest BCUT2D eigenvalue weighted by molar-refractivity contribution is 7.80. The highest BCUT2D eigenvalue weighted by Gasteiger charge is 2.02. The maximum Gasteiger partial charge on any atom is 0.161 e. The molecule has 0 saturated heterocycles. The molecule has 1 aromatic rings. The Bertz CT molecular complexity index is 278. The summed E-state index contributed by atoms with van der Waals surface area (Å²) in [6, 6.07) is 7.50. The molecule has 0 aromatic heterocycles. The van der Waals surface area contributed by atoms with E-state index in [0.29, 0.717) is 31.1 Å². The average molecular weight is 228 g/mol. The third kappa shape index (κ3) is 4.44. The molecular formula is C11H16O3S. The number of hydrogen-bond donors (Lipinski definition) is 2. The highest BCUT2D eigenvalue weighted by atomic mass is 32.1. The van der Waals surface area contributed by atoms with E-state index in [-0.39, 0.29) is 6.61 Å². The van der Waals surface area contributed by atoms with Gasteiger partial charge in [-0.3, -0.25) is 0 Å². The van der Waals surface area contributed by atoms with Crippen LogP contribution in [-0.2, 0) is 0 Å². The second kappa shape index (κ2) is 7.43. The molecule has 0 amide bonds. The van der Waals surface area contributed by atoms with Crippen LogP contribution in [0.1, 0.15) is 6.42 Å². The van der Waals surface area contributed by atoms with Gasteiger partial charge in [-0.1, -0.05) is 12.1 Å². The Morgan fingerprint density at radius 2 is 1.67 bits per heavy atom. The quantitative estimate of drug-likeness (QED) is 0.551. The minimum absolute atomic E-state index is 0.139. The summed E-state index contributed by atoms with van der Waals surface area (Å²) in [5.41, 5.74) is 0. The topological polar surface area (TPSA) is 38.7 Å². The summed E-state index contributed by atoms with van der Waals surface area (Å²) in [6.07, 6.45) is 0.626. The third-order valence-electron chi connectivity index (χ3n) is 1.76. The Morgan fingerprint density at radius 1 is 1.07 bits per heavy atom. The molecule has 0 bridgehead atoms. The van der Waals surface area contributed by atoms with Crippen molar-refractivity contribution in [2.24, 2.45) is 0 Å². The van der Waals surface area contributed by atoms with Crippen molar-refractivity contribution in [2.45, 2.75) is 6.42 Å². The Kier molecular flexibility index (Phi) is 6.04. The Balaban J connectivity index is 2.52. The molecule has 15 heavy (non-hydrogen) atoms. The van der Waals surface area contributed by atoms with Gasteiger partial charge in [0, 0.05) is 18.8 Å². The third-order valence-corrected chi connectivity index (χ3v) is 1.94. The molecule has 1 rings (SSSR count). The first-order chi connectivity index (χ1) is 7.38.